The summed E-state index contributed by atoms with van der Waals surface area (Å²) < 4.78 is 26.9. The summed E-state index contributed by atoms with van der Waals surface area (Å²) in [5.41, 5.74) is -1.11. The first-order valence-electron chi connectivity index (χ1n) is 9.98. The van der Waals surface area contributed by atoms with Crippen LogP contribution in [0.2, 0.25) is 0 Å². The Balaban J connectivity index is 1.48. The van der Waals surface area contributed by atoms with E-state index in [9.17, 15) is 28.0 Å². The van der Waals surface area contributed by atoms with Crippen molar-refractivity contribution >= 4 is 29.4 Å². The van der Waals surface area contributed by atoms with Crippen LogP contribution in [0.5, 0.6) is 0 Å². The van der Waals surface area contributed by atoms with Crippen LogP contribution in [0.15, 0.2) is 42.5 Å². The molecule has 2 aromatic carbocycles. The molecule has 0 aromatic heterocycles. The second kappa shape index (κ2) is 8.03. The average Bonchev–Trinajstić information content (AvgIpc) is 3.54. The van der Waals surface area contributed by atoms with E-state index in [0.29, 0.717) is 4.90 Å². The first-order valence-corrected chi connectivity index (χ1v) is 9.98. The maximum atomic E-state index is 13.7. The van der Waals surface area contributed by atoms with E-state index in [2.05, 4.69) is 16.0 Å². The number of benzene rings is 2. The van der Waals surface area contributed by atoms with Crippen LogP contribution in [-0.2, 0) is 15.1 Å². The van der Waals surface area contributed by atoms with Crippen molar-refractivity contribution in [1.82, 2.24) is 15.5 Å². The van der Waals surface area contributed by atoms with Gasteiger partial charge in [0, 0.05) is 6.04 Å². The summed E-state index contributed by atoms with van der Waals surface area (Å²) in [7, 11) is 0. The summed E-state index contributed by atoms with van der Waals surface area (Å²) in [6.07, 6.45) is 1.81. The number of nitrogens with zero attached hydrogens (tertiary/aromatic N) is 1. The van der Waals surface area contributed by atoms with Crippen molar-refractivity contribution in [2.45, 2.75) is 31.3 Å². The van der Waals surface area contributed by atoms with Crippen molar-refractivity contribution in [1.29, 1.82) is 0 Å². The highest BCUT2D eigenvalue weighted by Crippen LogP contribution is 2.30. The molecule has 2 fully saturated rings. The van der Waals surface area contributed by atoms with E-state index >= 15 is 0 Å². The fourth-order valence-electron chi connectivity index (χ4n) is 3.46. The predicted octanol–water partition coefficient (Wildman–Crippen LogP) is 2.26. The Morgan fingerprint density at radius 1 is 1.12 bits per heavy atom. The minimum absolute atomic E-state index is 0.0414. The van der Waals surface area contributed by atoms with Crippen LogP contribution in [0.25, 0.3) is 0 Å². The van der Waals surface area contributed by atoms with Crippen molar-refractivity contribution in [2.24, 2.45) is 0 Å². The fraction of sp³-hybridized carbons (Fsp3) is 0.273. The quantitative estimate of drug-likeness (QED) is 0.597. The number of nitrogens with one attached hydrogen (secondary N) is 3. The summed E-state index contributed by atoms with van der Waals surface area (Å²) in [4.78, 5) is 51.0. The van der Waals surface area contributed by atoms with Crippen molar-refractivity contribution in [3.05, 3.63) is 65.2 Å². The van der Waals surface area contributed by atoms with Gasteiger partial charge in [-0.1, -0.05) is 18.2 Å². The molecule has 1 aliphatic heterocycles. The lowest BCUT2D eigenvalue weighted by atomic mass is 9.92. The van der Waals surface area contributed by atoms with Gasteiger partial charge in [-0.05, 0) is 49.6 Å². The Labute approximate surface area is 182 Å². The van der Waals surface area contributed by atoms with Gasteiger partial charge in [-0.3, -0.25) is 19.3 Å². The Morgan fingerprint density at radius 3 is 2.53 bits per heavy atom. The average molecular weight is 442 g/mol. The molecule has 1 atom stereocenters. The van der Waals surface area contributed by atoms with Crippen LogP contribution < -0.4 is 16.0 Å². The summed E-state index contributed by atoms with van der Waals surface area (Å²) >= 11 is 0. The van der Waals surface area contributed by atoms with Crippen LogP contribution in [-0.4, -0.2) is 41.2 Å². The molecule has 2 aromatic rings. The topological polar surface area (TPSA) is 108 Å². The first kappa shape index (κ1) is 21.4. The number of anilines is 1. The number of hydrogen-bond acceptors (Lipinski definition) is 4. The van der Waals surface area contributed by atoms with E-state index < -0.39 is 41.6 Å². The van der Waals surface area contributed by atoms with E-state index in [1.807, 2.05) is 0 Å². The van der Waals surface area contributed by atoms with Crippen molar-refractivity contribution < 1.29 is 28.0 Å². The van der Waals surface area contributed by atoms with Gasteiger partial charge in [-0.25, -0.2) is 13.6 Å². The lowest BCUT2D eigenvalue weighted by molar-refractivity contribution is -0.133. The third-order valence-corrected chi connectivity index (χ3v) is 5.43. The second-order valence-electron chi connectivity index (χ2n) is 7.92. The predicted molar refractivity (Wildman–Crippen MR) is 110 cm³/mol. The van der Waals surface area contributed by atoms with Crippen LogP contribution in [0.1, 0.15) is 35.7 Å². The lowest BCUT2D eigenvalue weighted by Gasteiger charge is -2.22. The van der Waals surface area contributed by atoms with Gasteiger partial charge in [0.2, 0.25) is 5.91 Å². The number of para-hydroxylation sites is 1. The molecule has 166 valence electrons. The van der Waals surface area contributed by atoms with Gasteiger partial charge in [-0.15, -0.1) is 0 Å². The van der Waals surface area contributed by atoms with Crippen LogP contribution in [0.3, 0.4) is 0 Å². The Hall–Kier alpha value is -3.82. The first-order chi connectivity index (χ1) is 15.2. The number of halogens is 2. The number of carbonyl (C=O) groups excluding carboxylic acids is 4. The Morgan fingerprint density at radius 2 is 1.84 bits per heavy atom. The minimum Gasteiger partial charge on any atom is -0.349 e. The molecule has 1 unspecified atom stereocenters. The fourth-order valence-corrected chi connectivity index (χ4v) is 3.46. The third kappa shape index (κ3) is 4.03. The lowest BCUT2D eigenvalue weighted by Crippen LogP contribution is -2.42. The molecule has 4 rings (SSSR count). The molecule has 1 saturated heterocycles. The molecule has 8 nitrogen and oxygen atoms in total. The summed E-state index contributed by atoms with van der Waals surface area (Å²) in [6.45, 7) is 0.720. The number of rotatable bonds is 6. The molecule has 0 bridgehead atoms. The van der Waals surface area contributed by atoms with Gasteiger partial charge in [0.05, 0.1) is 11.3 Å². The summed E-state index contributed by atoms with van der Waals surface area (Å²) in [5, 5.41) is 7.81. The minimum atomic E-state index is -1.66. The standard InChI is InChI=1S/C22H20F2N4O4/c1-22(12-6-9-15(23)16(24)10-12)20(31)28(21(32)27-22)11-18(29)26-17-5-3-2-4-14(17)19(30)25-13-7-8-13/h2-6,9-10,13H,7-8,11H2,1H3,(H,25,30)(H,26,29)(H,27,32). The molecule has 1 aliphatic carbocycles. The smallest absolute Gasteiger partial charge is 0.325 e. The SMILES string of the molecule is CC1(c2ccc(F)c(F)c2)NC(=O)N(CC(=O)Nc2ccccc2C(=O)NC2CC2)C1=O. The number of urea groups is 1. The molecule has 10 heteroatoms. The number of imide groups is 1. The Kier molecular flexibility index (Phi) is 5.37. The highest BCUT2D eigenvalue weighted by Gasteiger charge is 2.49. The molecular formula is C22H20F2N4O4. The normalized spacial score (nSPS) is 20.2. The number of amides is 5. The molecule has 2 aliphatic rings. The van der Waals surface area contributed by atoms with Crippen LogP contribution in [0.4, 0.5) is 19.3 Å². The van der Waals surface area contributed by atoms with Gasteiger partial charge < -0.3 is 16.0 Å². The third-order valence-electron chi connectivity index (χ3n) is 5.43. The summed E-state index contributed by atoms with van der Waals surface area (Å²) in [6, 6.07) is 8.54. The van der Waals surface area contributed by atoms with Crippen LogP contribution >= 0.6 is 0 Å². The van der Waals surface area contributed by atoms with Gasteiger partial charge in [-0.2, -0.15) is 0 Å². The Bertz CT molecular complexity index is 1130. The van der Waals surface area contributed by atoms with E-state index in [4.69, 9.17) is 0 Å². The monoisotopic (exact) mass is 442 g/mol. The zero-order valence-electron chi connectivity index (χ0n) is 17.1. The molecule has 32 heavy (non-hydrogen) atoms. The van der Waals surface area contributed by atoms with Crippen molar-refractivity contribution in [3.8, 4) is 0 Å². The zero-order valence-corrected chi connectivity index (χ0v) is 17.1. The van der Waals surface area contributed by atoms with E-state index in [0.717, 1.165) is 25.0 Å². The van der Waals surface area contributed by atoms with Gasteiger partial charge in [0.1, 0.15) is 12.1 Å². The van der Waals surface area contributed by atoms with Crippen molar-refractivity contribution in [3.63, 3.8) is 0 Å². The van der Waals surface area contributed by atoms with E-state index in [1.165, 1.54) is 19.1 Å². The number of carbonyl (C=O) groups is 4. The highest BCUT2D eigenvalue weighted by atomic mass is 19.2. The largest absolute Gasteiger partial charge is 0.349 e. The maximum absolute atomic E-state index is 13.7. The molecular weight excluding hydrogens is 422 g/mol. The van der Waals surface area contributed by atoms with Gasteiger partial charge >= 0.3 is 6.03 Å². The second-order valence-corrected chi connectivity index (χ2v) is 7.92. The molecule has 0 radical (unpaired) electrons. The molecule has 5 amide bonds. The molecule has 3 N–H and O–H groups in total. The zero-order chi connectivity index (χ0) is 23.0. The molecule has 1 saturated carbocycles. The molecule has 1 heterocycles. The number of hydrogen-bond donors (Lipinski definition) is 3. The van der Waals surface area contributed by atoms with Gasteiger partial charge in [0.25, 0.3) is 11.8 Å². The molecule has 0 spiro atoms. The maximum Gasteiger partial charge on any atom is 0.325 e. The van der Waals surface area contributed by atoms with Crippen molar-refractivity contribution in [2.75, 3.05) is 11.9 Å². The van der Waals surface area contributed by atoms with Gasteiger partial charge in [0.15, 0.2) is 11.6 Å². The van der Waals surface area contributed by atoms with E-state index in [1.54, 1.807) is 18.2 Å². The highest BCUT2D eigenvalue weighted by molar-refractivity contribution is 6.11. The van der Waals surface area contributed by atoms with Crippen LogP contribution in [0, 0.1) is 11.6 Å². The summed E-state index contributed by atoms with van der Waals surface area (Å²) in [5.74, 6) is -4.07. The van der Waals surface area contributed by atoms with E-state index in [-0.39, 0.29) is 28.8 Å².